The molecule has 2 aromatic rings. The summed E-state index contributed by atoms with van der Waals surface area (Å²) in [5.74, 6) is -1.91. The van der Waals surface area contributed by atoms with Crippen molar-refractivity contribution in [3.05, 3.63) is 70.9 Å². The number of nitrogens with zero attached hydrogens (tertiary/aromatic N) is 1. The molecule has 0 fully saturated rings. The first-order chi connectivity index (χ1) is 14.8. The molecule has 1 aliphatic rings. The molecule has 31 heavy (non-hydrogen) atoms. The standard InChI is InChI=1S/C23H22N2O6/c1-14(26)25-11-10-15-6-4-5-7-17(15)20(25)13-21(27)24-19-12-16(22(28)30-2)8-9-18(19)23(29)31-3/h4-12,20H,13H2,1-3H3,(H,24,27). The molecule has 0 saturated carbocycles. The molecule has 160 valence electrons. The Morgan fingerprint density at radius 3 is 2.39 bits per heavy atom. The zero-order valence-electron chi connectivity index (χ0n) is 17.4. The first-order valence-electron chi connectivity index (χ1n) is 9.52. The molecule has 1 N–H and O–H groups in total. The Bertz CT molecular complexity index is 1080. The van der Waals surface area contributed by atoms with Crippen LogP contribution in [0.3, 0.4) is 0 Å². The smallest absolute Gasteiger partial charge is 0.339 e. The van der Waals surface area contributed by atoms with Gasteiger partial charge in [-0.15, -0.1) is 0 Å². The average Bonchev–Trinajstić information content (AvgIpc) is 2.77. The van der Waals surface area contributed by atoms with E-state index in [1.54, 1.807) is 6.20 Å². The van der Waals surface area contributed by atoms with Gasteiger partial charge in [0.1, 0.15) is 0 Å². The van der Waals surface area contributed by atoms with Crippen molar-refractivity contribution in [2.45, 2.75) is 19.4 Å². The van der Waals surface area contributed by atoms with Crippen LogP contribution < -0.4 is 5.32 Å². The number of rotatable bonds is 5. The molecule has 1 heterocycles. The normalized spacial score (nSPS) is 14.4. The second-order valence-electron chi connectivity index (χ2n) is 6.88. The first kappa shape index (κ1) is 21.8. The maximum Gasteiger partial charge on any atom is 0.339 e. The zero-order valence-corrected chi connectivity index (χ0v) is 17.4. The molecule has 1 atom stereocenters. The van der Waals surface area contributed by atoms with Crippen LogP contribution in [-0.2, 0) is 19.1 Å². The van der Waals surface area contributed by atoms with Gasteiger partial charge in [-0.05, 0) is 35.4 Å². The van der Waals surface area contributed by atoms with Crippen molar-refractivity contribution in [3.8, 4) is 0 Å². The van der Waals surface area contributed by atoms with Gasteiger partial charge in [-0.3, -0.25) is 9.59 Å². The lowest BCUT2D eigenvalue weighted by molar-refractivity contribution is -0.129. The van der Waals surface area contributed by atoms with Crippen LogP contribution in [0.4, 0.5) is 5.69 Å². The molecular weight excluding hydrogens is 400 g/mol. The highest BCUT2D eigenvalue weighted by Crippen LogP contribution is 2.33. The number of carbonyl (C=O) groups excluding carboxylic acids is 4. The number of nitrogens with one attached hydrogen (secondary N) is 1. The highest BCUT2D eigenvalue weighted by molar-refractivity contribution is 6.03. The van der Waals surface area contributed by atoms with E-state index in [4.69, 9.17) is 9.47 Å². The second kappa shape index (κ2) is 9.25. The van der Waals surface area contributed by atoms with Gasteiger partial charge in [-0.1, -0.05) is 24.3 Å². The van der Waals surface area contributed by atoms with Gasteiger partial charge in [-0.25, -0.2) is 9.59 Å². The average molecular weight is 422 g/mol. The first-order valence-corrected chi connectivity index (χ1v) is 9.52. The topological polar surface area (TPSA) is 102 Å². The lowest BCUT2D eigenvalue weighted by Crippen LogP contribution is -2.33. The van der Waals surface area contributed by atoms with E-state index in [-0.39, 0.29) is 29.1 Å². The monoisotopic (exact) mass is 422 g/mol. The lowest BCUT2D eigenvalue weighted by Gasteiger charge is -2.32. The van der Waals surface area contributed by atoms with Crippen LogP contribution in [0.2, 0.25) is 0 Å². The summed E-state index contributed by atoms with van der Waals surface area (Å²) < 4.78 is 9.47. The molecule has 8 nitrogen and oxygen atoms in total. The number of amides is 2. The van der Waals surface area contributed by atoms with Crippen LogP contribution in [0, 0.1) is 0 Å². The summed E-state index contributed by atoms with van der Waals surface area (Å²) in [4.78, 5) is 50.5. The Morgan fingerprint density at radius 2 is 1.71 bits per heavy atom. The number of ether oxygens (including phenoxy) is 2. The van der Waals surface area contributed by atoms with E-state index >= 15 is 0 Å². The van der Waals surface area contributed by atoms with Gasteiger partial charge in [-0.2, -0.15) is 0 Å². The summed E-state index contributed by atoms with van der Waals surface area (Å²) in [5, 5.41) is 2.67. The summed E-state index contributed by atoms with van der Waals surface area (Å²) in [7, 11) is 2.46. The van der Waals surface area contributed by atoms with Crippen molar-refractivity contribution in [2.24, 2.45) is 0 Å². The SMILES string of the molecule is COC(=O)c1ccc(C(=O)OC)c(NC(=O)CC2c3ccccc3C=CN2C(C)=O)c1. The van der Waals surface area contributed by atoms with Crippen molar-refractivity contribution in [2.75, 3.05) is 19.5 Å². The van der Waals surface area contributed by atoms with Crippen LogP contribution in [0.5, 0.6) is 0 Å². The summed E-state index contributed by atoms with van der Waals surface area (Å²) in [6.45, 7) is 1.43. The minimum atomic E-state index is -0.664. The fraction of sp³-hybridized carbons (Fsp3) is 0.217. The van der Waals surface area contributed by atoms with E-state index in [1.165, 1.54) is 44.2 Å². The summed E-state index contributed by atoms with van der Waals surface area (Å²) >= 11 is 0. The van der Waals surface area contributed by atoms with Gasteiger partial charge < -0.3 is 19.7 Å². The summed E-state index contributed by atoms with van der Waals surface area (Å²) in [6, 6.07) is 11.1. The summed E-state index contributed by atoms with van der Waals surface area (Å²) in [6.07, 6.45) is 3.42. The highest BCUT2D eigenvalue weighted by atomic mass is 16.5. The molecule has 0 aromatic heterocycles. The number of anilines is 1. The largest absolute Gasteiger partial charge is 0.465 e. The van der Waals surface area contributed by atoms with E-state index in [2.05, 4.69) is 5.32 Å². The van der Waals surface area contributed by atoms with Crippen molar-refractivity contribution in [1.82, 2.24) is 4.90 Å². The van der Waals surface area contributed by atoms with Crippen LogP contribution >= 0.6 is 0 Å². The van der Waals surface area contributed by atoms with Crippen molar-refractivity contribution in [3.63, 3.8) is 0 Å². The van der Waals surface area contributed by atoms with Gasteiger partial charge in [0.05, 0.1) is 43.5 Å². The van der Waals surface area contributed by atoms with Crippen molar-refractivity contribution < 1.29 is 28.7 Å². The Hall–Kier alpha value is -3.94. The minimum Gasteiger partial charge on any atom is -0.465 e. The zero-order chi connectivity index (χ0) is 22.5. The van der Waals surface area contributed by atoms with Gasteiger partial charge in [0.15, 0.2) is 0 Å². The molecule has 1 unspecified atom stereocenters. The number of hydrogen-bond donors (Lipinski definition) is 1. The number of carbonyl (C=O) groups is 4. The van der Waals surface area contributed by atoms with E-state index in [1.807, 2.05) is 30.3 Å². The highest BCUT2D eigenvalue weighted by Gasteiger charge is 2.28. The molecule has 1 aliphatic heterocycles. The molecule has 0 radical (unpaired) electrons. The molecule has 2 aromatic carbocycles. The van der Waals surface area contributed by atoms with E-state index < -0.39 is 23.9 Å². The number of hydrogen-bond acceptors (Lipinski definition) is 6. The van der Waals surface area contributed by atoms with Crippen LogP contribution in [0.1, 0.15) is 51.2 Å². The fourth-order valence-electron chi connectivity index (χ4n) is 3.47. The van der Waals surface area contributed by atoms with E-state index in [0.29, 0.717) is 0 Å². The Balaban J connectivity index is 1.90. The lowest BCUT2D eigenvalue weighted by atomic mass is 9.93. The maximum absolute atomic E-state index is 12.9. The van der Waals surface area contributed by atoms with E-state index in [0.717, 1.165) is 11.1 Å². The van der Waals surface area contributed by atoms with Gasteiger partial charge in [0.2, 0.25) is 11.8 Å². The molecule has 0 saturated heterocycles. The molecule has 8 heteroatoms. The third-order valence-corrected chi connectivity index (χ3v) is 4.97. The van der Waals surface area contributed by atoms with Crippen LogP contribution in [-0.4, -0.2) is 42.9 Å². The minimum absolute atomic E-state index is 0.0516. The molecule has 0 aliphatic carbocycles. The molecular formula is C23H22N2O6. The Kier molecular flexibility index (Phi) is 6.49. The van der Waals surface area contributed by atoms with Crippen LogP contribution in [0.25, 0.3) is 6.08 Å². The molecule has 0 spiro atoms. The second-order valence-corrected chi connectivity index (χ2v) is 6.88. The molecule has 0 bridgehead atoms. The fourth-order valence-corrected chi connectivity index (χ4v) is 3.47. The third-order valence-electron chi connectivity index (χ3n) is 4.97. The Morgan fingerprint density at radius 1 is 1.00 bits per heavy atom. The van der Waals surface area contributed by atoms with Gasteiger partial charge in [0, 0.05) is 13.1 Å². The predicted molar refractivity (Wildman–Crippen MR) is 113 cm³/mol. The number of fused-ring (bicyclic) bond motifs is 1. The van der Waals surface area contributed by atoms with Crippen LogP contribution in [0.15, 0.2) is 48.7 Å². The van der Waals surface area contributed by atoms with E-state index in [9.17, 15) is 19.2 Å². The van der Waals surface area contributed by atoms with Gasteiger partial charge >= 0.3 is 11.9 Å². The molecule has 2 amide bonds. The number of esters is 2. The number of benzene rings is 2. The quantitative estimate of drug-likeness (QED) is 0.743. The maximum atomic E-state index is 12.9. The Labute approximate surface area is 179 Å². The summed E-state index contributed by atoms with van der Waals surface area (Å²) in [5.41, 5.74) is 2.14. The third kappa shape index (κ3) is 4.63. The van der Waals surface area contributed by atoms with Gasteiger partial charge in [0.25, 0.3) is 0 Å². The number of methoxy groups -OCH3 is 2. The van der Waals surface area contributed by atoms with Crippen molar-refractivity contribution >= 4 is 35.5 Å². The van der Waals surface area contributed by atoms with Crippen molar-refractivity contribution in [1.29, 1.82) is 0 Å². The molecule has 3 rings (SSSR count). The predicted octanol–water partition coefficient (Wildman–Crippen LogP) is 3.16.